The fourth-order valence-electron chi connectivity index (χ4n) is 3.35. The molecule has 6 heteroatoms. The highest BCUT2D eigenvalue weighted by molar-refractivity contribution is 5.78. The summed E-state index contributed by atoms with van der Waals surface area (Å²) in [5, 5.41) is 2.99. The van der Waals surface area contributed by atoms with Gasteiger partial charge in [-0.2, -0.15) is 0 Å². The largest absolute Gasteiger partial charge is 0.497 e. The second-order valence-corrected chi connectivity index (χ2v) is 7.24. The molecule has 0 radical (unpaired) electrons. The van der Waals surface area contributed by atoms with Crippen LogP contribution in [0.25, 0.3) is 5.65 Å². The number of ether oxygens (including phenoxy) is 2. The standard InChI is InChI=1S/C22H27N3O3/c1-14(2)24-22(26)12-19(16-9-17(27-4)11-18(10-16)28-5)20-13-23-21-8-15(3)6-7-25(20)21/h6-11,13-14,19H,12H2,1-5H3,(H,24,26). The van der Waals surface area contributed by atoms with E-state index in [9.17, 15) is 4.79 Å². The van der Waals surface area contributed by atoms with Gasteiger partial charge in [0.05, 0.1) is 19.9 Å². The fourth-order valence-corrected chi connectivity index (χ4v) is 3.35. The molecule has 1 atom stereocenters. The van der Waals surface area contributed by atoms with Gasteiger partial charge < -0.3 is 19.2 Å². The van der Waals surface area contributed by atoms with Gasteiger partial charge in [-0.15, -0.1) is 0 Å². The number of nitrogens with one attached hydrogen (secondary N) is 1. The summed E-state index contributed by atoms with van der Waals surface area (Å²) in [5.41, 5.74) is 3.89. The maximum atomic E-state index is 12.6. The van der Waals surface area contributed by atoms with Crippen LogP contribution in [-0.4, -0.2) is 35.6 Å². The Kier molecular flexibility index (Phi) is 5.87. The van der Waals surface area contributed by atoms with Crippen molar-refractivity contribution in [2.45, 2.75) is 39.2 Å². The third-order valence-electron chi connectivity index (χ3n) is 4.67. The van der Waals surface area contributed by atoms with E-state index in [2.05, 4.69) is 10.3 Å². The lowest BCUT2D eigenvalue weighted by Crippen LogP contribution is -2.31. The highest BCUT2D eigenvalue weighted by atomic mass is 16.5. The van der Waals surface area contributed by atoms with Gasteiger partial charge in [-0.1, -0.05) is 0 Å². The molecule has 2 aromatic heterocycles. The van der Waals surface area contributed by atoms with Crippen LogP contribution >= 0.6 is 0 Å². The van der Waals surface area contributed by atoms with E-state index < -0.39 is 0 Å². The first kappa shape index (κ1) is 19.7. The number of amides is 1. The Balaban J connectivity index is 2.10. The Morgan fingerprint density at radius 2 is 1.82 bits per heavy atom. The molecule has 3 rings (SSSR count). The molecule has 1 amide bonds. The predicted molar refractivity (Wildman–Crippen MR) is 109 cm³/mol. The van der Waals surface area contributed by atoms with Crippen LogP contribution in [0.1, 0.15) is 43.0 Å². The number of carbonyl (C=O) groups excluding carboxylic acids is 1. The summed E-state index contributed by atoms with van der Waals surface area (Å²) in [7, 11) is 3.24. The van der Waals surface area contributed by atoms with Crippen molar-refractivity contribution in [3.05, 3.63) is 59.5 Å². The van der Waals surface area contributed by atoms with Gasteiger partial charge in [-0.25, -0.2) is 4.98 Å². The number of hydrogen-bond donors (Lipinski definition) is 1. The Bertz CT molecular complexity index is 956. The number of hydrogen-bond acceptors (Lipinski definition) is 4. The highest BCUT2D eigenvalue weighted by Crippen LogP contribution is 2.34. The number of benzene rings is 1. The molecule has 1 aromatic carbocycles. The molecule has 2 heterocycles. The van der Waals surface area contributed by atoms with Crippen molar-refractivity contribution in [2.75, 3.05) is 14.2 Å². The average Bonchev–Trinajstić information content (AvgIpc) is 3.07. The van der Waals surface area contributed by atoms with Gasteiger partial charge in [0.2, 0.25) is 5.91 Å². The summed E-state index contributed by atoms with van der Waals surface area (Å²) in [6, 6.07) is 9.87. The van der Waals surface area contributed by atoms with E-state index in [1.165, 1.54) is 0 Å². The maximum absolute atomic E-state index is 12.6. The van der Waals surface area contributed by atoms with Crippen LogP contribution in [0.3, 0.4) is 0 Å². The van der Waals surface area contributed by atoms with E-state index in [0.717, 1.165) is 22.5 Å². The van der Waals surface area contributed by atoms with E-state index in [0.29, 0.717) is 17.9 Å². The van der Waals surface area contributed by atoms with Crippen LogP contribution in [0.15, 0.2) is 42.7 Å². The summed E-state index contributed by atoms with van der Waals surface area (Å²) in [6.45, 7) is 5.95. The Morgan fingerprint density at radius 3 is 2.43 bits per heavy atom. The Morgan fingerprint density at radius 1 is 1.14 bits per heavy atom. The van der Waals surface area contributed by atoms with Crippen molar-refractivity contribution in [1.82, 2.24) is 14.7 Å². The molecular weight excluding hydrogens is 354 g/mol. The first-order valence-electron chi connectivity index (χ1n) is 9.37. The topological polar surface area (TPSA) is 64.9 Å². The Labute approximate surface area is 165 Å². The highest BCUT2D eigenvalue weighted by Gasteiger charge is 2.23. The summed E-state index contributed by atoms with van der Waals surface area (Å²) in [4.78, 5) is 17.2. The van der Waals surface area contributed by atoms with Crippen molar-refractivity contribution in [1.29, 1.82) is 0 Å². The Hall–Kier alpha value is -3.02. The molecule has 148 valence electrons. The minimum absolute atomic E-state index is 0.0103. The van der Waals surface area contributed by atoms with E-state index >= 15 is 0 Å². The number of pyridine rings is 1. The van der Waals surface area contributed by atoms with Gasteiger partial charge in [0, 0.05) is 36.8 Å². The maximum Gasteiger partial charge on any atom is 0.221 e. The lowest BCUT2D eigenvalue weighted by atomic mass is 9.91. The SMILES string of the molecule is COc1cc(OC)cc(C(CC(=O)NC(C)C)c2cnc3cc(C)ccn23)c1. The molecule has 3 aromatic rings. The molecule has 6 nitrogen and oxygen atoms in total. The lowest BCUT2D eigenvalue weighted by molar-refractivity contribution is -0.121. The number of fused-ring (bicyclic) bond motifs is 1. The molecule has 0 aliphatic carbocycles. The van der Waals surface area contributed by atoms with Gasteiger partial charge in [-0.05, 0) is 56.2 Å². The second-order valence-electron chi connectivity index (χ2n) is 7.24. The van der Waals surface area contributed by atoms with Crippen molar-refractivity contribution >= 4 is 11.6 Å². The third kappa shape index (κ3) is 4.27. The first-order chi connectivity index (χ1) is 13.4. The zero-order valence-electron chi connectivity index (χ0n) is 17.0. The number of rotatable bonds is 7. The van der Waals surface area contributed by atoms with Crippen molar-refractivity contribution < 1.29 is 14.3 Å². The molecule has 0 aliphatic heterocycles. The molecule has 1 unspecified atom stereocenters. The molecule has 0 saturated heterocycles. The minimum Gasteiger partial charge on any atom is -0.497 e. The smallest absolute Gasteiger partial charge is 0.221 e. The average molecular weight is 381 g/mol. The van der Waals surface area contributed by atoms with Gasteiger partial charge >= 0.3 is 0 Å². The molecule has 0 fully saturated rings. The molecule has 28 heavy (non-hydrogen) atoms. The number of methoxy groups -OCH3 is 2. The summed E-state index contributed by atoms with van der Waals surface area (Å²) < 4.78 is 12.9. The molecule has 0 aliphatic rings. The number of aromatic nitrogens is 2. The van der Waals surface area contributed by atoms with Crippen molar-refractivity contribution in [3.8, 4) is 11.5 Å². The van der Waals surface area contributed by atoms with Crippen LogP contribution in [-0.2, 0) is 4.79 Å². The van der Waals surface area contributed by atoms with Crippen molar-refractivity contribution in [2.24, 2.45) is 0 Å². The summed E-state index contributed by atoms with van der Waals surface area (Å²) in [5.74, 6) is 1.17. The second kappa shape index (κ2) is 8.33. The van der Waals surface area contributed by atoms with E-state index in [1.807, 2.05) is 67.9 Å². The number of aryl methyl sites for hydroxylation is 1. The first-order valence-corrected chi connectivity index (χ1v) is 9.37. The van der Waals surface area contributed by atoms with Gasteiger partial charge in [-0.3, -0.25) is 4.79 Å². The molecule has 1 N–H and O–H groups in total. The van der Waals surface area contributed by atoms with E-state index in [-0.39, 0.29) is 17.9 Å². The third-order valence-corrected chi connectivity index (χ3v) is 4.67. The molecule has 0 spiro atoms. The fraction of sp³-hybridized carbons (Fsp3) is 0.364. The van der Waals surface area contributed by atoms with Crippen LogP contribution in [0.5, 0.6) is 11.5 Å². The molecular formula is C22H27N3O3. The molecule has 0 saturated carbocycles. The molecule has 0 bridgehead atoms. The van der Waals surface area contributed by atoms with Crippen LogP contribution < -0.4 is 14.8 Å². The van der Waals surface area contributed by atoms with E-state index in [1.54, 1.807) is 14.2 Å². The zero-order chi connectivity index (χ0) is 20.3. The number of imidazole rings is 1. The monoisotopic (exact) mass is 381 g/mol. The van der Waals surface area contributed by atoms with E-state index in [4.69, 9.17) is 9.47 Å². The lowest BCUT2D eigenvalue weighted by Gasteiger charge is -2.20. The number of nitrogens with zero attached hydrogens (tertiary/aromatic N) is 2. The normalized spacial score (nSPS) is 12.2. The van der Waals surface area contributed by atoms with Crippen molar-refractivity contribution in [3.63, 3.8) is 0 Å². The minimum atomic E-state index is -0.194. The summed E-state index contributed by atoms with van der Waals surface area (Å²) in [6.07, 6.45) is 4.14. The van der Waals surface area contributed by atoms with Crippen LogP contribution in [0, 0.1) is 6.92 Å². The van der Waals surface area contributed by atoms with Gasteiger partial charge in [0.1, 0.15) is 17.1 Å². The van der Waals surface area contributed by atoms with Gasteiger partial charge in [0.25, 0.3) is 0 Å². The zero-order valence-corrected chi connectivity index (χ0v) is 17.0. The van der Waals surface area contributed by atoms with Gasteiger partial charge in [0.15, 0.2) is 0 Å². The number of carbonyl (C=O) groups is 1. The van der Waals surface area contributed by atoms with Crippen LogP contribution in [0.4, 0.5) is 0 Å². The van der Waals surface area contributed by atoms with Crippen LogP contribution in [0.2, 0.25) is 0 Å². The summed E-state index contributed by atoms with van der Waals surface area (Å²) >= 11 is 0. The predicted octanol–water partition coefficient (Wildman–Crippen LogP) is 3.71. The quantitative estimate of drug-likeness (QED) is 0.678.